The summed E-state index contributed by atoms with van der Waals surface area (Å²) in [4.78, 5) is 13.4. The van der Waals surface area contributed by atoms with Gasteiger partial charge in [0.2, 0.25) is 0 Å². The van der Waals surface area contributed by atoms with Crippen LogP contribution in [-0.4, -0.2) is 48.3 Å². The second kappa shape index (κ2) is 4.07. The first-order chi connectivity index (χ1) is 6.08. The van der Waals surface area contributed by atoms with Gasteiger partial charge in [-0.05, 0) is 26.8 Å². The van der Waals surface area contributed by atoms with Crippen LogP contribution in [0.2, 0.25) is 0 Å². The van der Waals surface area contributed by atoms with E-state index in [1.54, 1.807) is 6.92 Å². The zero-order valence-electron chi connectivity index (χ0n) is 8.25. The number of likely N-dealkylation sites (tertiary alicyclic amines) is 1. The number of piperidine rings is 1. The van der Waals surface area contributed by atoms with Gasteiger partial charge in [0.15, 0.2) is 5.60 Å². The third-order valence-corrected chi connectivity index (χ3v) is 2.47. The van der Waals surface area contributed by atoms with Crippen molar-refractivity contribution in [1.82, 2.24) is 4.90 Å². The predicted octanol–water partition coefficient (Wildman–Crippen LogP) is 0.00620. The van der Waals surface area contributed by atoms with Crippen LogP contribution in [0.25, 0.3) is 0 Å². The lowest BCUT2D eigenvalue weighted by Crippen LogP contribution is -2.49. The zero-order valence-corrected chi connectivity index (χ0v) is 8.25. The Bertz CT molecular complexity index is 185. The van der Waals surface area contributed by atoms with Crippen molar-refractivity contribution in [3.8, 4) is 0 Å². The molecule has 0 radical (unpaired) electrons. The van der Waals surface area contributed by atoms with Gasteiger partial charge in [-0.2, -0.15) is 0 Å². The van der Waals surface area contributed by atoms with Gasteiger partial charge in [0.1, 0.15) is 0 Å². The number of carbonyl (C=O) groups excluding carboxylic acids is 1. The highest BCUT2D eigenvalue weighted by atomic mass is 16.5. The average molecular weight is 187 g/mol. The summed E-state index contributed by atoms with van der Waals surface area (Å²) < 4.78 is 4.81. The van der Waals surface area contributed by atoms with Crippen molar-refractivity contribution in [3.05, 3.63) is 0 Å². The molecule has 1 aliphatic heterocycles. The summed E-state index contributed by atoms with van der Waals surface area (Å²) in [6.45, 7) is 3.57. The Kier molecular flexibility index (Phi) is 3.27. The lowest BCUT2D eigenvalue weighted by Gasteiger charge is -2.34. The minimum absolute atomic E-state index is 0.330. The van der Waals surface area contributed by atoms with Crippen molar-refractivity contribution in [2.24, 2.45) is 0 Å². The fourth-order valence-electron chi connectivity index (χ4n) is 1.46. The number of ether oxygens (including phenoxy) is 1. The van der Waals surface area contributed by atoms with Gasteiger partial charge < -0.3 is 14.7 Å². The number of nitrogens with zero attached hydrogens (tertiary/aromatic N) is 1. The summed E-state index contributed by atoms with van der Waals surface area (Å²) in [5, 5.41) is 9.89. The molecule has 1 heterocycles. The van der Waals surface area contributed by atoms with Crippen LogP contribution < -0.4 is 0 Å². The van der Waals surface area contributed by atoms with Crippen molar-refractivity contribution in [1.29, 1.82) is 0 Å². The molecule has 76 valence electrons. The second-order valence-corrected chi connectivity index (χ2v) is 3.56. The molecule has 4 nitrogen and oxygen atoms in total. The second-order valence-electron chi connectivity index (χ2n) is 3.56. The van der Waals surface area contributed by atoms with Crippen LogP contribution in [0.1, 0.15) is 19.8 Å². The first-order valence-corrected chi connectivity index (χ1v) is 4.66. The Morgan fingerprint density at radius 1 is 1.54 bits per heavy atom. The summed E-state index contributed by atoms with van der Waals surface area (Å²) >= 11 is 0. The van der Waals surface area contributed by atoms with E-state index in [-0.39, 0.29) is 0 Å². The van der Waals surface area contributed by atoms with Crippen LogP contribution in [-0.2, 0) is 9.53 Å². The maximum atomic E-state index is 11.3. The van der Waals surface area contributed by atoms with E-state index >= 15 is 0 Å². The quantitative estimate of drug-likeness (QED) is 0.618. The summed E-state index contributed by atoms with van der Waals surface area (Å²) in [6, 6.07) is 0. The molecule has 1 fully saturated rings. The highest BCUT2D eigenvalue weighted by molar-refractivity contribution is 5.79. The molecule has 1 rings (SSSR count). The number of carbonyl (C=O) groups is 1. The maximum Gasteiger partial charge on any atom is 0.338 e. The van der Waals surface area contributed by atoms with Crippen LogP contribution in [0.15, 0.2) is 0 Å². The Labute approximate surface area is 78.5 Å². The summed E-state index contributed by atoms with van der Waals surface area (Å²) in [5.41, 5.74) is -1.23. The normalized spacial score (nSPS) is 22.7. The fourth-order valence-corrected chi connectivity index (χ4v) is 1.46. The summed E-state index contributed by atoms with van der Waals surface area (Å²) in [6.07, 6.45) is 0.949. The van der Waals surface area contributed by atoms with Crippen LogP contribution in [0.5, 0.6) is 0 Å². The molecule has 0 aliphatic carbocycles. The summed E-state index contributed by atoms with van der Waals surface area (Å²) in [5.74, 6) is -0.469. The molecule has 0 unspecified atom stereocenters. The van der Waals surface area contributed by atoms with Crippen molar-refractivity contribution in [3.63, 3.8) is 0 Å². The monoisotopic (exact) mass is 187 g/mol. The first-order valence-electron chi connectivity index (χ1n) is 4.66. The molecule has 0 amide bonds. The highest BCUT2D eigenvalue weighted by Gasteiger charge is 2.39. The molecule has 4 heteroatoms. The molecule has 0 aromatic carbocycles. The molecule has 0 aromatic rings. The van der Waals surface area contributed by atoms with E-state index in [1.807, 2.05) is 7.05 Å². The third kappa shape index (κ3) is 2.42. The minimum atomic E-state index is -1.23. The van der Waals surface area contributed by atoms with E-state index in [9.17, 15) is 9.90 Å². The zero-order chi connectivity index (χ0) is 9.90. The molecule has 0 atom stereocenters. The van der Waals surface area contributed by atoms with Gasteiger partial charge >= 0.3 is 5.97 Å². The van der Waals surface area contributed by atoms with Crippen molar-refractivity contribution in [2.75, 3.05) is 26.7 Å². The maximum absolute atomic E-state index is 11.3. The predicted molar refractivity (Wildman–Crippen MR) is 48.3 cm³/mol. The smallest absolute Gasteiger partial charge is 0.338 e. The van der Waals surface area contributed by atoms with Gasteiger partial charge in [0, 0.05) is 13.1 Å². The largest absolute Gasteiger partial charge is 0.464 e. The van der Waals surface area contributed by atoms with Gasteiger partial charge in [-0.3, -0.25) is 0 Å². The lowest BCUT2D eigenvalue weighted by molar-refractivity contribution is -0.169. The van der Waals surface area contributed by atoms with Gasteiger partial charge in [-0.25, -0.2) is 4.79 Å². The van der Waals surface area contributed by atoms with E-state index in [1.165, 1.54) is 0 Å². The number of aliphatic hydroxyl groups is 1. The SMILES string of the molecule is CCOC(=O)C1(O)CCN(C)CC1. The van der Waals surface area contributed by atoms with Crippen LogP contribution in [0.3, 0.4) is 0 Å². The van der Waals surface area contributed by atoms with Gasteiger partial charge in [-0.1, -0.05) is 0 Å². The van der Waals surface area contributed by atoms with Crippen LogP contribution in [0, 0.1) is 0 Å². The number of hydrogen-bond donors (Lipinski definition) is 1. The standard InChI is InChI=1S/C9H17NO3/c1-3-13-8(11)9(12)4-6-10(2)7-5-9/h12H,3-7H2,1-2H3. The van der Waals surface area contributed by atoms with Crippen molar-refractivity contribution in [2.45, 2.75) is 25.4 Å². The fraction of sp³-hybridized carbons (Fsp3) is 0.889. The number of rotatable bonds is 2. The molecular formula is C9H17NO3. The molecule has 0 spiro atoms. The minimum Gasteiger partial charge on any atom is -0.464 e. The van der Waals surface area contributed by atoms with E-state index in [0.29, 0.717) is 19.4 Å². The van der Waals surface area contributed by atoms with E-state index in [4.69, 9.17) is 4.74 Å². The molecule has 1 saturated heterocycles. The first kappa shape index (κ1) is 10.5. The van der Waals surface area contributed by atoms with E-state index < -0.39 is 11.6 Å². The average Bonchev–Trinajstić information content (AvgIpc) is 2.11. The number of esters is 1. The summed E-state index contributed by atoms with van der Waals surface area (Å²) in [7, 11) is 1.98. The van der Waals surface area contributed by atoms with Crippen LogP contribution in [0.4, 0.5) is 0 Å². The molecule has 1 N–H and O–H groups in total. The molecule has 0 bridgehead atoms. The number of hydrogen-bond acceptors (Lipinski definition) is 4. The van der Waals surface area contributed by atoms with Crippen molar-refractivity contribution >= 4 is 5.97 Å². The molecular weight excluding hydrogens is 170 g/mol. The highest BCUT2D eigenvalue weighted by Crippen LogP contribution is 2.22. The molecule has 13 heavy (non-hydrogen) atoms. The van der Waals surface area contributed by atoms with Gasteiger partial charge in [0.05, 0.1) is 6.61 Å². The molecule has 0 aromatic heterocycles. The van der Waals surface area contributed by atoms with Crippen molar-refractivity contribution < 1.29 is 14.6 Å². The van der Waals surface area contributed by atoms with E-state index in [0.717, 1.165) is 13.1 Å². The van der Waals surface area contributed by atoms with E-state index in [2.05, 4.69) is 4.90 Å². The Balaban J connectivity index is 2.51. The Morgan fingerprint density at radius 2 is 2.08 bits per heavy atom. The Hall–Kier alpha value is -0.610. The Morgan fingerprint density at radius 3 is 2.54 bits per heavy atom. The van der Waals surface area contributed by atoms with Gasteiger partial charge in [-0.15, -0.1) is 0 Å². The third-order valence-electron chi connectivity index (χ3n) is 2.47. The molecule has 1 aliphatic rings. The lowest BCUT2D eigenvalue weighted by atomic mass is 9.92. The topological polar surface area (TPSA) is 49.8 Å². The molecule has 0 saturated carbocycles. The van der Waals surface area contributed by atoms with Crippen LogP contribution >= 0.6 is 0 Å². The van der Waals surface area contributed by atoms with Gasteiger partial charge in [0.25, 0.3) is 0 Å².